The summed E-state index contributed by atoms with van der Waals surface area (Å²) in [6, 6.07) is 0. The first kappa shape index (κ1) is 13.3. The topological polar surface area (TPSA) is 12.0 Å². The lowest BCUT2D eigenvalue weighted by Gasteiger charge is -2.30. The van der Waals surface area contributed by atoms with Crippen LogP contribution in [0.1, 0.15) is 33.6 Å². The lowest BCUT2D eigenvalue weighted by molar-refractivity contribution is 0.221. The maximum atomic E-state index is 3.29. The fraction of sp³-hybridized carbons (Fsp3) is 1.00. The summed E-state index contributed by atoms with van der Waals surface area (Å²) < 4.78 is 0. The molecule has 1 N–H and O–H groups in total. The van der Waals surface area contributed by atoms with Crippen LogP contribution in [0.2, 0.25) is 0 Å². The van der Waals surface area contributed by atoms with E-state index >= 15 is 0 Å². The Morgan fingerprint density at radius 3 is 2.31 bits per heavy atom. The minimum Gasteiger partial charge on any atom is -0.319 e. The Labute approximate surface area is 88.1 Å². The van der Waals surface area contributed by atoms with Crippen LogP contribution in [-0.2, 0) is 0 Å². The highest BCUT2D eigenvalue weighted by molar-refractivity contribution is 7.98. The predicted octanol–water partition coefficient (Wildman–Crippen LogP) is 3.01. The summed E-state index contributed by atoms with van der Waals surface area (Å²) in [5.41, 5.74) is 0.446. The summed E-state index contributed by atoms with van der Waals surface area (Å²) in [4.78, 5) is 0. The van der Waals surface area contributed by atoms with Gasteiger partial charge in [-0.3, -0.25) is 0 Å². The van der Waals surface area contributed by atoms with Crippen LogP contribution >= 0.6 is 11.8 Å². The van der Waals surface area contributed by atoms with Crippen LogP contribution in [0.25, 0.3) is 0 Å². The third-order valence-corrected chi connectivity index (χ3v) is 3.27. The second kappa shape index (κ2) is 6.72. The second-order valence-electron chi connectivity index (χ2n) is 4.76. The highest BCUT2D eigenvalue weighted by Crippen LogP contribution is 2.29. The van der Waals surface area contributed by atoms with Crippen molar-refractivity contribution in [1.82, 2.24) is 5.32 Å². The van der Waals surface area contributed by atoms with E-state index in [4.69, 9.17) is 0 Å². The smallest absolute Gasteiger partial charge is 0.00185 e. The van der Waals surface area contributed by atoms with Crippen LogP contribution in [-0.4, -0.2) is 25.6 Å². The van der Waals surface area contributed by atoms with Crippen LogP contribution in [0.4, 0.5) is 0 Å². The quantitative estimate of drug-likeness (QED) is 0.666. The molecule has 0 aromatic heterocycles. The number of thioether (sulfide) groups is 1. The summed E-state index contributed by atoms with van der Waals surface area (Å²) >= 11 is 1.95. The lowest BCUT2D eigenvalue weighted by atomic mass is 9.78. The zero-order valence-electron chi connectivity index (χ0n) is 9.81. The summed E-state index contributed by atoms with van der Waals surface area (Å²) in [7, 11) is 2.05. The molecule has 1 nitrogen and oxygen atoms in total. The molecule has 0 spiro atoms. The van der Waals surface area contributed by atoms with Crippen molar-refractivity contribution < 1.29 is 0 Å². The van der Waals surface area contributed by atoms with Crippen LogP contribution in [0.5, 0.6) is 0 Å². The monoisotopic (exact) mass is 203 g/mol. The SMILES string of the molecule is CNCC(CCCSC)C(C)(C)C. The largest absolute Gasteiger partial charge is 0.319 e. The number of rotatable bonds is 6. The summed E-state index contributed by atoms with van der Waals surface area (Å²) in [5, 5.41) is 3.29. The van der Waals surface area contributed by atoms with Gasteiger partial charge in [0.15, 0.2) is 0 Å². The van der Waals surface area contributed by atoms with Gasteiger partial charge in [0.05, 0.1) is 0 Å². The first-order chi connectivity index (χ1) is 6.02. The molecule has 0 aromatic carbocycles. The minimum absolute atomic E-state index is 0.446. The Kier molecular flexibility index (Phi) is 6.88. The summed E-state index contributed by atoms with van der Waals surface area (Å²) in [6.07, 6.45) is 4.89. The second-order valence-corrected chi connectivity index (χ2v) is 5.74. The van der Waals surface area contributed by atoms with Crippen molar-refractivity contribution in [3.05, 3.63) is 0 Å². The molecule has 2 heteroatoms. The van der Waals surface area contributed by atoms with Crippen LogP contribution < -0.4 is 5.32 Å². The fourth-order valence-corrected chi connectivity index (χ4v) is 2.02. The van der Waals surface area contributed by atoms with Crippen molar-refractivity contribution in [2.24, 2.45) is 11.3 Å². The molecule has 13 heavy (non-hydrogen) atoms. The van der Waals surface area contributed by atoms with E-state index < -0.39 is 0 Å². The number of hydrogen-bond acceptors (Lipinski definition) is 2. The van der Waals surface area contributed by atoms with E-state index in [1.54, 1.807) is 0 Å². The molecular formula is C11H25NS. The molecule has 0 bridgehead atoms. The van der Waals surface area contributed by atoms with Gasteiger partial charge in [-0.25, -0.2) is 0 Å². The molecule has 0 aliphatic rings. The van der Waals surface area contributed by atoms with Crippen LogP contribution in [0.15, 0.2) is 0 Å². The first-order valence-corrected chi connectivity index (χ1v) is 6.55. The van der Waals surface area contributed by atoms with Crippen molar-refractivity contribution in [2.45, 2.75) is 33.6 Å². The molecule has 0 amide bonds. The molecule has 0 aliphatic heterocycles. The van der Waals surface area contributed by atoms with Crippen molar-refractivity contribution in [3.63, 3.8) is 0 Å². The van der Waals surface area contributed by atoms with E-state index in [0.29, 0.717) is 5.41 Å². The summed E-state index contributed by atoms with van der Waals surface area (Å²) in [5.74, 6) is 2.11. The van der Waals surface area contributed by atoms with Gasteiger partial charge in [-0.2, -0.15) is 11.8 Å². The van der Waals surface area contributed by atoms with Gasteiger partial charge in [0.25, 0.3) is 0 Å². The van der Waals surface area contributed by atoms with E-state index in [1.165, 1.54) is 18.6 Å². The van der Waals surface area contributed by atoms with Crippen molar-refractivity contribution in [1.29, 1.82) is 0 Å². The Morgan fingerprint density at radius 2 is 1.92 bits per heavy atom. The van der Waals surface area contributed by atoms with E-state index in [0.717, 1.165) is 12.5 Å². The highest BCUT2D eigenvalue weighted by Gasteiger charge is 2.22. The summed E-state index contributed by atoms with van der Waals surface area (Å²) in [6.45, 7) is 8.17. The third-order valence-electron chi connectivity index (χ3n) is 2.58. The molecule has 0 rings (SSSR count). The fourth-order valence-electron chi connectivity index (χ4n) is 1.56. The zero-order valence-corrected chi connectivity index (χ0v) is 10.6. The molecule has 0 saturated carbocycles. The van der Waals surface area contributed by atoms with Crippen LogP contribution in [0.3, 0.4) is 0 Å². The van der Waals surface area contributed by atoms with Crippen molar-refractivity contribution in [3.8, 4) is 0 Å². The molecule has 0 saturated heterocycles. The molecule has 1 unspecified atom stereocenters. The Balaban J connectivity index is 3.81. The van der Waals surface area contributed by atoms with Gasteiger partial charge in [0.1, 0.15) is 0 Å². The molecule has 0 radical (unpaired) electrons. The van der Waals surface area contributed by atoms with Crippen LogP contribution in [0, 0.1) is 11.3 Å². The van der Waals surface area contributed by atoms with Gasteiger partial charge < -0.3 is 5.32 Å². The third kappa shape index (κ3) is 6.39. The minimum atomic E-state index is 0.446. The molecule has 0 aromatic rings. The molecule has 1 atom stereocenters. The average Bonchev–Trinajstić information content (AvgIpc) is 2.01. The molecular weight excluding hydrogens is 178 g/mol. The van der Waals surface area contributed by atoms with Gasteiger partial charge in [0.2, 0.25) is 0 Å². The number of hydrogen-bond donors (Lipinski definition) is 1. The highest BCUT2D eigenvalue weighted by atomic mass is 32.2. The standard InChI is InChI=1S/C11H25NS/c1-11(2,3)10(9-12-4)7-6-8-13-5/h10,12H,6-9H2,1-5H3. The molecule has 0 heterocycles. The Hall–Kier alpha value is 0.310. The van der Waals surface area contributed by atoms with Gasteiger partial charge in [-0.15, -0.1) is 0 Å². The molecule has 0 fully saturated rings. The number of nitrogens with one attached hydrogen (secondary N) is 1. The Morgan fingerprint density at radius 1 is 1.31 bits per heavy atom. The van der Waals surface area contributed by atoms with E-state index in [-0.39, 0.29) is 0 Å². The van der Waals surface area contributed by atoms with Gasteiger partial charge in [0, 0.05) is 0 Å². The van der Waals surface area contributed by atoms with Gasteiger partial charge in [-0.05, 0) is 49.8 Å². The maximum absolute atomic E-state index is 3.29. The maximum Gasteiger partial charge on any atom is -0.00185 e. The van der Waals surface area contributed by atoms with Crippen molar-refractivity contribution in [2.75, 3.05) is 25.6 Å². The lowest BCUT2D eigenvalue weighted by Crippen LogP contribution is -2.30. The van der Waals surface area contributed by atoms with Gasteiger partial charge in [-0.1, -0.05) is 20.8 Å². The van der Waals surface area contributed by atoms with Crippen molar-refractivity contribution >= 4 is 11.8 Å². The average molecular weight is 203 g/mol. The van der Waals surface area contributed by atoms with E-state index in [9.17, 15) is 0 Å². The van der Waals surface area contributed by atoms with Gasteiger partial charge >= 0.3 is 0 Å². The van der Waals surface area contributed by atoms with E-state index in [1.807, 2.05) is 18.8 Å². The Bertz CT molecular complexity index is 118. The predicted molar refractivity (Wildman–Crippen MR) is 64.5 cm³/mol. The first-order valence-electron chi connectivity index (χ1n) is 5.16. The molecule has 0 aliphatic carbocycles. The zero-order chi connectivity index (χ0) is 10.3. The molecule has 80 valence electrons. The normalized spacial score (nSPS) is 14.5. The van der Waals surface area contributed by atoms with E-state index in [2.05, 4.69) is 32.3 Å².